The van der Waals surface area contributed by atoms with Crippen molar-refractivity contribution in [3.63, 3.8) is 0 Å². The van der Waals surface area contributed by atoms with Crippen molar-refractivity contribution >= 4 is 11.6 Å². The zero-order chi connectivity index (χ0) is 16.2. The van der Waals surface area contributed by atoms with Crippen molar-refractivity contribution in [3.05, 3.63) is 69.3 Å². The number of rotatable bonds is 0. The molecule has 0 amide bonds. The molecule has 22 heavy (non-hydrogen) atoms. The van der Waals surface area contributed by atoms with Gasteiger partial charge in [0, 0.05) is 22.3 Å². The summed E-state index contributed by atoms with van der Waals surface area (Å²) in [4.78, 5) is 25.7. The average molecular weight is 292 g/mol. The minimum Gasteiger partial charge on any atom is -0.289 e. The second-order valence-corrected chi connectivity index (χ2v) is 7.10. The molecule has 0 fully saturated rings. The van der Waals surface area contributed by atoms with Crippen LogP contribution in [0.5, 0.6) is 0 Å². The maximum atomic E-state index is 13.0. The van der Waals surface area contributed by atoms with Crippen LogP contribution in [0.2, 0.25) is 0 Å². The summed E-state index contributed by atoms with van der Waals surface area (Å²) in [5, 5.41) is 0. The van der Waals surface area contributed by atoms with E-state index in [0.29, 0.717) is 22.3 Å². The minimum absolute atomic E-state index is 0.0306. The van der Waals surface area contributed by atoms with Gasteiger partial charge < -0.3 is 0 Å². The molecule has 0 unspecified atom stereocenters. The first-order valence-corrected chi connectivity index (χ1v) is 7.56. The summed E-state index contributed by atoms with van der Waals surface area (Å²) in [6, 6.07) is 9.33. The highest BCUT2D eigenvalue weighted by Gasteiger charge is 2.32. The maximum absolute atomic E-state index is 13.0. The maximum Gasteiger partial charge on any atom is 0.194 e. The molecule has 0 radical (unpaired) electrons. The van der Waals surface area contributed by atoms with Crippen molar-refractivity contribution in [3.8, 4) is 0 Å². The van der Waals surface area contributed by atoms with E-state index < -0.39 is 0 Å². The third-order valence-electron chi connectivity index (χ3n) is 4.58. The Hall–Kier alpha value is -2.22. The number of carbonyl (C=O) groups is 2. The molecule has 2 aromatic rings. The molecule has 0 saturated carbocycles. The van der Waals surface area contributed by atoms with E-state index in [0.717, 1.165) is 16.7 Å². The van der Waals surface area contributed by atoms with Crippen molar-refractivity contribution in [2.45, 2.75) is 40.0 Å². The molecule has 2 aromatic carbocycles. The Bertz CT molecular complexity index is 820. The van der Waals surface area contributed by atoms with E-state index in [2.05, 4.69) is 20.8 Å². The smallest absolute Gasteiger partial charge is 0.194 e. The molecule has 0 spiro atoms. The number of fused-ring (bicyclic) bond motifs is 2. The summed E-state index contributed by atoms with van der Waals surface area (Å²) in [6.45, 7) is 10.2. The number of aryl methyl sites for hydroxylation is 1. The molecule has 0 aromatic heterocycles. The van der Waals surface area contributed by atoms with Gasteiger partial charge in [-0.3, -0.25) is 9.59 Å². The highest BCUT2D eigenvalue weighted by Crippen LogP contribution is 2.33. The van der Waals surface area contributed by atoms with E-state index in [4.69, 9.17) is 0 Å². The number of hydrogen-bond donors (Lipinski definition) is 0. The SMILES string of the molecule is Cc1ccc2c(c1C)C(=O)c1cc(C(C)(C)C)ccc1C2=O. The molecule has 0 bridgehead atoms. The number of carbonyl (C=O) groups excluding carboxylic acids is 2. The standard InChI is InChI=1S/C20H20O2/c1-11-6-8-15-17(12(11)2)19(22)16-10-13(20(3,4)5)7-9-14(16)18(15)21/h6-10H,1-5H3. The second kappa shape index (κ2) is 4.64. The largest absolute Gasteiger partial charge is 0.289 e. The van der Waals surface area contributed by atoms with Crippen molar-refractivity contribution in [1.29, 1.82) is 0 Å². The lowest BCUT2D eigenvalue weighted by Gasteiger charge is -2.24. The van der Waals surface area contributed by atoms with Crippen molar-refractivity contribution in [2.75, 3.05) is 0 Å². The van der Waals surface area contributed by atoms with Crippen LogP contribution >= 0.6 is 0 Å². The van der Waals surface area contributed by atoms with Gasteiger partial charge in [-0.25, -0.2) is 0 Å². The molecule has 1 aliphatic carbocycles. The summed E-state index contributed by atoms with van der Waals surface area (Å²) < 4.78 is 0. The molecule has 0 heterocycles. The van der Waals surface area contributed by atoms with Gasteiger partial charge in [-0.15, -0.1) is 0 Å². The predicted octanol–water partition coefficient (Wildman–Crippen LogP) is 4.38. The van der Waals surface area contributed by atoms with Crippen LogP contribution in [-0.4, -0.2) is 11.6 Å². The Morgan fingerprint density at radius 1 is 0.773 bits per heavy atom. The number of hydrogen-bond acceptors (Lipinski definition) is 2. The van der Waals surface area contributed by atoms with Gasteiger partial charge in [0.05, 0.1) is 0 Å². The van der Waals surface area contributed by atoms with Crippen molar-refractivity contribution in [1.82, 2.24) is 0 Å². The number of benzene rings is 2. The average Bonchev–Trinajstić information content (AvgIpc) is 2.46. The van der Waals surface area contributed by atoms with Crippen LogP contribution in [0.3, 0.4) is 0 Å². The number of ketones is 2. The highest BCUT2D eigenvalue weighted by atomic mass is 16.1. The molecular formula is C20H20O2. The minimum atomic E-state index is -0.0553. The van der Waals surface area contributed by atoms with E-state index in [1.54, 1.807) is 12.1 Å². The monoisotopic (exact) mass is 292 g/mol. The van der Waals surface area contributed by atoms with Gasteiger partial charge in [0.15, 0.2) is 11.6 Å². The molecule has 1 aliphatic rings. The molecule has 0 atom stereocenters. The Kier molecular flexibility index (Phi) is 3.10. The summed E-state index contributed by atoms with van der Waals surface area (Å²) in [5.41, 5.74) is 5.12. The fourth-order valence-electron chi connectivity index (χ4n) is 2.97. The Morgan fingerprint density at radius 3 is 2.05 bits per heavy atom. The highest BCUT2D eigenvalue weighted by molar-refractivity contribution is 6.29. The molecule has 0 saturated heterocycles. The molecule has 3 rings (SSSR count). The molecule has 0 aliphatic heterocycles. The summed E-state index contributed by atoms with van der Waals surface area (Å²) >= 11 is 0. The van der Waals surface area contributed by atoms with Crippen LogP contribution in [0.15, 0.2) is 30.3 Å². The summed E-state index contributed by atoms with van der Waals surface area (Å²) in [7, 11) is 0. The van der Waals surface area contributed by atoms with Gasteiger partial charge in [0.1, 0.15) is 0 Å². The fourth-order valence-corrected chi connectivity index (χ4v) is 2.97. The lowest BCUT2D eigenvalue weighted by atomic mass is 9.78. The van der Waals surface area contributed by atoms with E-state index in [9.17, 15) is 9.59 Å². The fraction of sp³-hybridized carbons (Fsp3) is 0.300. The van der Waals surface area contributed by atoms with E-state index >= 15 is 0 Å². The Morgan fingerprint density at radius 2 is 1.41 bits per heavy atom. The Balaban J connectivity index is 2.28. The van der Waals surface area contributed by atoms with Crippen molar-refractivity contribution in [2.24, 2.45) is 0 Å². The lowest BCUT2D eigenvalue weighted by molar-refractivity contribution is 0.0978. The van der Waals surface area contributed by atoms with Crippen LogP contribution in [0, 0.1) is 13.8 Å². The van der Waals surface area contributed by atoms with Gasteiger partial charge in [-0.2, -0.15) is 0 Å². The van der Waals surface area contributed by atoms with Crippen LogP contribution < -0.4 is 0 Å². The van der Waals surface area contributed by atoms with Crippen LogP contribution in [0.1, 0.15) is 69.3 Å². The zero-order valence-corrected chi connectivity index (χ0v) is 13.7. The normalized spacial score (nSPS) is 13.9. The van der Waals surface area contributed by atoms with Gasteiger partial charge in [0.25, 0.3) is 0 Å². The van der Waals surface area contributed by atoms with Gasteiger partial charge >= 0.3 is 0 Å². The third kappa shape index (κ3) is 2.02. The van der Waals surface area contributed by atoms with Gasteiger partial charge in [0.2, 0.25) is 0 Å². The topological polar surface area (TPSA) is 34.1 Å². The van der Waals surface area contributed by atoms with Crippen molar-refractivity contribution < 1.29 is 9.59 Å². The molecule has 2 nitrogen and oxygen atoms in total. The van der Waals surface area contributed by atoms with Crippen LogP contribution in [0.25, 0.3) is 0 Å². The lowest BCUT2D eigenvalue weighted by Crippen LogP contribution is -2.24. The molecule has 2 heteroatoms. The van der Waals surface area contributed by atoms with E-state index in [-0.39, 0.29) is 17.0 Å². The van der Waals surface area contributed by atoms with Gasteiger partial charge in [-0.1, -0.05) is 39.0 Å². The predicted molar refractivity (Wildman–Crippen MR) is 87.9 cm³/mol. The molecular weight excluding hydrogens is 272 g/mol. The van der Waals surface area contributed by atoms with Crippen LogP contribution in [-0.2, 0) is 5.41 Å². The summed E-state index contributed by atoms with van der Waals surface area (Å²) in [5.74, 6) is -0.0786. The summed E-state index contributed by atoms with van der Waals surface area (Å²) in [6.07, 6.45) is 0. The first kappa shape index (κ1) is 14.7. The Labute approximate surface area is 131 Å². The molecule has 0 N–H and O–H groups in total. The third-order valence-corrected chi connectivity index (χ3v) is 4.58. The molecule has 112 valence electrons. The van der Waals surface area contributed by atoms with Gasteiger partial charge in [-0.05, 0) is 48.1 Å². The second-order valence-electron chi connectivity index (χ2n) is 7.10. The zero-order valence-electron chi connectivity index (χ0n) is 13.7. The first-order chi connectivity index (χ1) is 10.2. The van der Waals surface area contributed by atoms with E-state index in [1.807, 2.05) is 32.0 Å². The first-order valence-electron chi connectivity index (χ1n) is 7.56. The quantitative estimate of drug-likeness (QED) is 0.616. The van der Waals surface area contributed by atoms with Crippen LogP contribution in [0.4, 0.5) is 0 Å². The van der Waals surface area contributed by atoms with E-state index in [1.165, 1.54) is 0 Å².